The maximum atomic E-state index is 11.8. The molecule has 0 spiro atoms. The first kappa shape index (κ1) is 17.4. The lowest BCUT2D eigenvalue weighted by Gasteiger charge is -2.08. The largest absolute Gasteiger partial charge is 0.488 e. The summed E-state index contributed by atoms with van der Waals surface area (Å²) in [5, 5.41) is 5.83. The monoisotopic (exact) mass is 414 g/mol. The molecular formula is C19H15BrN2O2S. The number of hydrogen-bond acceptors (Lipinski definition) is 4. The minimum absolute atomic E-state index is 0.215. The molecule has 1 heterocycles. The van der Waals surface area contributed by atoms with Crippen molar-refractivity contribution in [2.75, 3.05) is 0 Å². The van der Waals surface area contributed by atoms with Gasteiger partial charge in [0.2, 0.25) is 0 Å². The highest BCUT2D eigenvalue weighted by molar-refractivity contribution is 9.10. The average Bonchev–Trinajstić information content (AvgIpc) is 3.16. The van der Waals surface area contributed by atoms with Crippen LogP contribution in [0.1, 0.15) is 20.8 Å². The second-order valence-corrected chi connectivity index (χ2v) is 6.94. The van der Waals surface area contributed by atoms with Gasteiger partial charge in [0.25, 0.3) is 5.91 Å². The molecule has 126 valence electrons. The quantitative estimate of drug-likeness (QED) is 0.462. The molecule has 25 heavy (non-hydrogen) atoms. The van der Waals surface area contributed by atoms with Crippen molar-refractivity contribution in [2.45, 2.75) is 6.61 Å². The number of nitrogens with one attached hydrogen (secondary N) is 1. The van der Waals surface area contributed by atoms with Crippen LogP contribution < -0.4 is 10.2 Å². The standard InChI is InChI=1S/C19H15BrN2O2S/c20-16-11-15(12-21-22-19(23)18-7-4-10-25-18)8-9-17(16)24-13-14-5-2-1-3-6-14/h1-12H,13H2,(H,22,23)/b21-12-. The van der Waals surface area contributed by atoms with E-state index in [1.807, 2.05) is 60.0 Å². The SMILES string of the molecule is O=C(N/N=C\c1ccc(OCc2ccccc2)c(Br)c1)c1cccs1. The van der Waals surface area contributed by atoms with E-state index in [2.05, 4.69) is 26.5 Å². The fraction of sp³-hybridized carbons (Fsp3) is 0.0526. The van der Waals surface area contributed by atoms with Crippen LogP contribution in [-0.2, 0) is 6.61 Å². The molecular weight excluding hydrogens is 400 g/mol. The molecule has 1 N–H and O–H groups in total. The molecule has 0 bridgehead atoms. The van der Waals surface area contributed by atoms with Crippen molar-refractivity contribution in [1.82, 2.24) is 5.43 Å². The van der Waals surface area contributed by atoms with Crippen LogP contribution in [0.15, 0.2) is 75.6 Å². The van der Waals surface area contributed by atoms with Crippen molar-refractivity contribution in [2.24, 2.45) is 5.10 Å². The molecule has 1 aromatic heterocycles. The van der Waals surface area contributed by atoms with E-state index in [-0.39, 0.29) is 5.91 Å². The first-order chi connectivity index (χ1) is 12.2. The van der Waals surface area contributed by atoms with Crippen molar-refractivity contribution >= 4 is 39.4 Å². The Morgan fingerprint density at radius 1 is 1.16 bits per heavy atom. The van der Waals surface area contributed by atoms with Crippen LogP contribution >= 0.6 is 27.3 Å². The molecule has 0 aliphatic rings. The summed E-state index contributed by atoms with van der Waals surface area (Å²) in [5.74, 6) is 0.539. The summed E-state index contributed by atoms with van der Waals surface area (Å²) in [6, 6.07) is 19.2. The number of halogens is 1. The molecule has 0 fully saturated rings. The van der Waals surface area contributed by atoms with Gasteiger partial charge in [-0.3, -0.25) is 4.79 Å². The van der Waals surface area contributed by atoms with Crippen molar-refractivity contribution in [3.8, 4) is 5.75 Å². The van der Waals surface area contributed by atoms with Gasteiger partial charge in [0.05, 0.1) is 15.6 Å². The molecule has 0 radical (unpaired) electrons. The predicted octanol–water partition coefficient (Wildman–Crippen LogP) is 4.85. The number of carbonyl (C=O) groups excluding carboxylic acids is 1. The van der Waals surface area contributed by atoms with Gasteiger partial charge in [-0.25, -0.2) is 5.43 Å². The molecule has 1 amide bonds. The van der Waals surface area contributed by atoms with E-state index in [4.69, 9.17) is 4.74 Å². The van der Waals surface area contributed by atoms with E-state index in [0.29, 0.717) is 11.5 Å². The minimum atomic E-state index is -0.215. The lowest BCUT2D eigenvalue weighted by atomic mass is 10.2. The number of nitrogens with zero attached hydrogens (tertiary/aromatic N) is 1. The Bertz CT molecular complexity index is 864. The van der Waals surface area contributed by atoms with Gasteiger partial charge in [0, 0.05) is 0 Å². The normalized spacial score (nSPS) is 10.8. The number of ether oxygens (including phenoxy) is 1. The summed E-state index contributed by atoms with van der Waals surface area (Å²) >= 11 is 4.88. The van der Waals surface area contributed by atoms with Gasteiger partial charge >= 0.3 is 0 Å². The Morgan fingerprint density at radius 3 is 2.72 bits per heavy atom. The maximum Gasteiger partial charge on any atom is 0.281 e. The van der Waals surface area contributed by atoms with Crippen LogP contribution in [0.3, 0.4) is 0 Å². The number of hydrazone groups is 1. The Hall–Kier alpha value is -2.44. The van der Waals surface area contributed by atoms with Crippen molar-refractivity contribution in [3.63, 3.8) is 0 Å². The second-order valence-electron chi connectivity index (χ2n) is 5.14. The van der Waals surface area contributed by atoms with Gasteiger partial charge in [0.15, 0.2) is 0 Å². The lowest BCUT2D eigenvalue weighted by molar-refractivity contribution is 0.0959. The summed E-state index contributed by atoms with van der Waals surface area (Å²) in [6.45, 7) is 0.504. The van der Waals surface area contributed by atoms with Gasteiger partial charge < -0.3 is 4.74 Å². The topological polar surface area (TPSA) is 50.7 Å². The number of thiophene rings is 1. The fourth-order valence-electron chi connectivity index (χ4n) is 2.08. The van der Waals surface area contributed by atoms with E-state index in [0.717, 1.165) is 21.3 Å². The van der Waals surface area contributed by atoms with Gasteiger partial charge in [-0.1, -0.05) is 36.4 Å². The van der Waals surface area contributed by atoms with E-state index in [1.54, 1.807) is 12.3 Å². The fourth-order valence-corrected chi connectivity index (χ4v) is 3.20. The highest BCUT2D eigenvalue weighted by Crippen LogP contribution is 2.26. The van der Waals surface area contributed by atoms with Gasteiger partial charge in [0.1, 0.15) is 12.4 Å². The predicted molar refractivity (Wildman–Crippen MR) is 104 cm³/mol. The molecule has 0 unspecified atom stereocenters. The zero-order valence-electron chi connectivity index (χ0n) is 13.2. The van der Waals surface area contributed by atoms with Crippen LogP contribution in [0.5, 0.6) is 5.75 Å². The zero-order valence-corrected chi connectivity index (χ0v) is 15.6. The Kier molecular flexibility index (Phi) is 5.98. The van der Waals surface area contributed by atoms with Gasteiger partial charge in [-0.05, 0) is 56.7 Å². The molecule has 4 nitrogen and oxygen atoms in total. The highest BCUT2D eigenvalue weighted by atomic mass is 79.9. The second kappa shape index (κ2) is 8.60. The van der Waals surface area contributed by atoms with E-state index in [1.165, 1.54) is 11.3 Å². The third-order valence-corrected chi connectivity index (χ3v) is 4.81. The molecule has 0 atom stereocenters. The molecule has 0 saturated carbocycles. The Labute approximate surface area is 158 Å². The minimum Gasteiger partial charge on any atom is -0.488 e. The average molecular weight is 415 g/mol. The highest BCUT2D eigenvalue weighted by Gasteiger charge is 2.05. The van der Waals surface area contributed by atoms with E-state index >= 15 is 0 Å². The zero-order chi connectivity index (χ0) is 17.5. The Balaban J connectivity index is 1.57. The summed E-state index contributed by atoms with van der Waals surface area (Å²) < 4.78 is 6.64. The molecule has 0 saturated heterocycles. The third-order valence-electron chi connectivity index (χ3n) is 3.32. The lowest BCUT2D eigenvalue weighted by Crippen LogP contribution is -2.16. The van der Waals surface area contributed by atoms with Crippen LogP contribution in [0, 0.1) is 0 Å². The first-order valence-electron chi connectivity index (χ1n) is 7.55. The molecule has 0 aliphatic heterocycles. The smallest absolute Gasteiger partial charge is 0.281 e. The molecule has 3 aromatic rings. The number of benzene rings is 2. The summed E-state index contributed by atoms with van der Waals surface area (Å²) in [5.41, 5.74) is 4.47. The van der Waals surface area contributed by atoms with Crippen molar-refractivity contribution in [1.29, 1.82) is 0 Å². The number of amides is 1. The maximum absolute atomic E-state index is 11.8. The Morgan fingerprint density at radius 2 is 2.00 bits per heavy atom. The van der Waals surface area contributed by atoms with Crippen LogP contribution in [0.25, 0.3) is 0 Å². The summed E-state index contributed by atoms with van der Waals surface area (Å²) in [4.78, 5) is 12.4. The van der Waals surface area contributed by atoms with E-state index in [9.17, 15) is 4.79 Å². The molecule has 0 aliphatic carbocycles. The van der Waals surface area contributed by atoms with Crippen molar-refractivity contribution in [3.05, 3.63) is 86.5 Å². The van der Waals surface area contributed by atoms with Crippen molar-refractivity contribution < 1.29 is 9.53 Å². The number of carbonyl (C=O) groups is 1. The number of rotatable bonds is 6. The van der Waals surface area contributed by atoms with Gasteiger partial charge in [-0.2, -0.15) is 5.10 Å². The first-order valence-corrected chi connectivity index (χ1v) is 9.23. The molecule has 2 aromatic carbocycles. The van der Waals surface area contributed by atoms with Crippen LogP contribution in [-0.4, -0.2) is 12.1 Å². The van der Waals surface area contributed by atoms with Gasteiger partial charge in [-0.15, -0.1) is 11.3 Å². The molecule has 6 heteroatoms. The van der Waals surface area contributed by atoms with Crippen LogP contribution in [0.4, 0.5) is 0 Å². The summed E-state index contributed by atoms with van der Waals surface area (Å²) in [6.07, 6.45) is 1.59. The molecule has 3 rings (SSSR count). The number of hydrogen-bond donors (Lipinski definition) is 1. The van der Waals surface area contributed by atoms with E-state index < -0.39 is 0 Å². The summed E-state index contributed by atoms with van der Waals surface area (Å²) in [7, 11) is 0. The third kappa shape index (κ3) is 5.01. The van der Waals surface area contributed by atoms with Crippen LogP contribution in [0.2, 0.25) is 0 Å².